The van der Waals surface area contributed by atoms with Gasteiger partial charge in [0.1, 0.15) is 0 Å². The summed E-state index contributed by atoms with van der Waals surface area (Å²) in [5, 5.41) is 2.82. The van der Waals surface area contributed by atoms with Crippen molar-refractivity contribution in [1.82, 2.24) is 0 Å². The Morgan fingerprint density at radius 1 is 1.24 bits per heavy atom. The lowest BCUT2D eigenvalue weighted by Crippen LogP contribution is -2.10. The molecule has 0 aliphatic rings. The van der Waals surface area contributed by atoms with Crippen LogP contribution in [0.2, 0.25) is 4.34 Å². The molecule has 1 N–H and O–H groups in total. The number of hydrogen-bond acceptors (Lipinski definition) is 2. The van der Waals surface area contributed by atoms with Crippen LogP contribution in [-0.2, 0) is 0 Å². The summed E-state index contributed by atoms with van der Waals surface area (Å²) in [6, 6.07) is 8.99. The molecule has 2 aromatic rings. The Morgan fingerprint density at radius 2 is 2.00 bits per heavy atom. The topological polar surface area (TPSA) is 29.1 Å². The van der Waals surface area contributed by atoms with Crippen LogP contribution in [0.15, 0.2) is 39.3 Å². The molecule has 0 aliphatic carbocycles. The van der Waals surface area contributed by atoms with E-state index in [0.29, 0.717) is 14.9 Å². The number of anilines is 1. The van der Waals surface area contributed by atoms with Gasteiger partial charge in [-0.15, -0.1) is 11.3 Å². The maximum Gasteiger partial charge on any atom is 0.265 e. The molecule has 0 unspecified atom stereocenters. The van der Waals surface area contributed by atoms with Gasteiger partial charge in [0.25, 0.3) is 5.91 Å². The summed E-state index contributed by atoms with van der Waals surface area (Å²) in [6.07, 6.45) is 0. The first-order valence-corrected chi connectivity index (χ1v) is 7.36. The highest BCUT2D eigenvalue weighted by atomic mass is 79.9. The minimum atomic E-state index is -0.166. The molecule has 1 aromatic heterocycles. The normalized spacial score (nSPS) is 10.3. The Labute approximate surface area is 124 Å². The van der Waals surface area contributed by atoms with Crippen molar-refractivity contribution in [1.29, 1.82) is 0 Å². The van der Waals surface area contributed by atoms with Gasteiger partial charge >= 0.3 is 0 Å². The van der Waals surface area contributed by atoms with E-state index in [1.54, 1.807) is 12.1 Å². The van der Waals surface area contributed by atoms with Crippen LogP contribution in [0.4, 0.5) is 5.69 Å². The highest BCUT2D eigenvalue weighted by Gasteiger charge is 2.10. The first kappa shape index (κ1) is 13.1. The van der Waals surface area contributed by atoms with Crippen LogP contribution in [0.5, 0.6) is 0 Å². The van der Waals surface area contributed by atoms with Crippen molar-refractivity contribution in [3.8, 4) is 0 Å². The molecule has 0 fully saturated rings. The Kier molecular flexibility index (Phi) is 4.25. The Bertz CT molecular complexity index is 570. The van der Waals surface area contributed by atoms with Crippen LogP contribution in [0.1, 0.15) is 9.67 Å². The van der Waals surface area contributed by atoms with E-state index in [1.165, 1.54) is 11.3 Å². The number of halogens is 3. The molecule has 0 saturated carbocycles. The first-order valence-electron chi connectivity index (χ1n) is 4.58. The fourth-order valence-electron chi connectivity index (χ4n) is 1.21. The summed E-state index contributed by atoms with van der Waals surface area (Å²) < 4.78 is 2.33. The SMILES string of the molecule is O=C(Nc1cc(Br)ccc1Br)c1ccc(Cl)s1. The molecule has 17 heavy (non-hydrogen) atoms. The van der Waals surface area contributed by atoms with E-state index in [4.69, 9.17) is 11.6 Å². The van der Waals surface area contributed by atoms with E-state index in [1.807, 2.05) is 18.2 Å². The summed E-state index contributed by atoms with van der Waals surface area (Å²) in [5.41, 5.74) is 0.717. The molecule has 1 heterocycles. The van der Waals surface area contributed by atoms with E-state index in [0.717, 1.165) is 8.95 Å². The Hall–Kier alpha value is -0.360. The third-order valence-corrected chi connectivity index (χ3v) is 4.39. The summed E-state index contributed by atoms with van der Waals surface area (Å²) in [7, 11) is 0. The molecular formula is C11H6Br2ClNOS. The fraction of sp³-hybridized carbons (Fsp3) is 0. The number of carbonyl (C=O) groups excluding carboxylic acids is 1. The van der Waals surface area contributed by atoms with E-state index in [-0.39, 0.29) is 5.91 Å². The van der Waals surface area contributed by atoms with Crippen molar-refractivity contribution in [3.05, 3.63) is 48.5 Å². The van der Waals surface area contributed by atoms with Crippen molar-refractivity contribution in [2.45, 2.75) is 0 Å². The van der Waals surface area contributed by atoms with E-state index in [2.05, 4.69) is 37.2 Å². The highest BCUT2D eigenvalue weighted by Crippen LogP contribution is 2.28. The molecule has 1 amide bonds. The number of hydrogen-bond donors (Lipinski definition) is 1. The van der Waals surface area contributed by atoms with Crippen molar-refractivity contribution in [2.24, 2.45) is 0 Å². The van der Waals surface area contributed by atoms with Gasteiger partial charge in [-0.3, -0.25) is 4.79 Å². The van der Waals surface area contributed by atoms with Crippen molar-refractivity contribution < 1.29 is 4.79 Å². The number of amides is 1. The maximum absolute atomic E-state index is 11.9. The second-order valence-electron chi connectivity index (χ2n) is 3.18. The molecule has 2 nitrogen and oxygen atoms in total. The summed E-state index contributed by atoms with van der Waals surface area (Å²) in [5.74, 6) is -0.166. The third-order valence-electron chi connectivity index (χ3n) is 1.97. The lowest BCUT2D eigenvalue weighted by molar-refractivity contribution is 0.103. The minimum Gasteiger partial charge on any atom is -0.320 e. The van der Waals surface area contributed by atoms with Gasteiger partial charge in [0, 0.05) is 8.95 Å². The number of rotatable bonds is 2. The van der Waals surface area contributed by atoms with E-state index >= 15 is 0 Å². The van der Waals surface area contributed by atoms with Gasteiger partial charge in [-0.1, -0.05) is 27.5 Å². The molecule has 1 aromatic carbocycles. The number of benzene rings is 1. The van der Waals surface area contributed by atoms with Crippen molar-refractivity contribution >= 4 is 66.4 Å². The van der Waals surface area contributed by atoms with E-state index in [9.17, 15) is 4.79 Å². The quantitative estimate of drug-likeness (QED) is 0.746. The van der Waals surface area contributed by atoms with Gasteiger partial charge in [-0.25, -0.2) is 0 Å². The molecule has 6 heteroatoms. The summed E-state index contributed by atoms with van der Waals surface area (Å²) in [4.78, 5) is 12.5. The highest BCUT2D eigenvalue weighted by molar-refractivity contribution is 9.11. The van der Waals surface area contributed by atoms with Crippen molar-refractivity contribution in [3.63, 3.8) is 0 Å². The van der Waals surface area contributed by atoms with Gasteiger partial charge in [0.05, 0.1) is 14.9 Å². The second-order valence-corrected chi connectivity index (χ2v) is 6.67. The molecule has 0 radical (unpaired) electrons. The van der Waals surface area contributed by atoms with Gasteiger partial charge in [-0.2, -0.15) is 0 Å². The summed E-state index contributed by atoms with van der Waals surface area (Å²) >= 11 is 13.8. The molecule has 0 saturated heterocycles. The predicted molar refractivity (Wildman–Crippen MR) is 79.1 cm³/mol. The van der Waals surface area contributed by atoms with Crippen molar-refractivity contribution in [2.75, 3.05) is 5.32 Å². The number of carbonyl (C=O) groups is 1. The predicted octanol–water partition coefficient (Wildman–Crippen LogP) is 5.18. The molecule has 2 rings (SSSR count). The monoisotopic (exact) mass is 393 g/mol. The first-order chi connectivity index (χ1) is 8.06. The van der Waals surface area contributed by atoms with Gasteiger partial charge < -0.3 is 5.32 Å². The molecule has 0 aliphatic heterocycles. The Morgan fingerprint density at radius 3 is 2.65 bits per heavy atom. The van der Waals surface area contributed by atoms with Crippen LogP contribution in [-0.4, -0.2) is 5.91 Å². The van der Waals surface area contributed by atoms with Crippen LogP contribution in [0, 0.1) is 0 Å². The molecule has 0 spiro atoms. The lowest BCUT2D eigenvalue weighted by Gasteiger charge is -2.06. The van der Waals surface area contributed by atoms with Crippen LogP contribution in [0.3, 0.4) is 0 Å². The zero-order valence-electron chi connectivity index (χ0n) is 8.34. The Balaban J connectivity index is 2.21. The lowest BCUT2D eigenvalue weighted by atomic mass is 10.3. The summed E-state index contributed by atoms with van der Waals surface area (Å²) in [6.45, 7) is 0. The van der Waals surface area contributed by atoms with E-state index < -0.39 is 0 Å². The second kappa shape index (κ2) is 5.52. The van der Waals surface area contributed by atoms with Gasteiger partial charge in [0.2, 0.25) is 0 Å². The standard InChI is InChI=1S/C11H6Br2ClNOS/c12-6-1-2-7(13)8(5-6)15-11(16)9-3-4-10(14)17-9/h1-5H,(H,15,16). The molecule has 88 valence electrons. The van der Waals surface area contributed by atoms with Crippen LogP contribution in [0.25, 0.3) is 0 Å². The molecular weight excluding hydrogens is 389 g/mol. The fourth-order valence-corrected chi connectivity index (χ4v) is 2.86. The molecule has 0 atom stereocenters. The van der Waals surface area contributed by atoms with Gasteiger partial charge in [-0.05, 0) is 46.3 Å². The number of thiophene rings is 1. The zero-order chi connectivity index (χ0) is 12.4. The average Bonchev–Trinajstić information content (AvgIpc) is 2.70. The third kappa shape index (κ3) is 3.31. The van der Waals surface area contributed by atoms with Crippen LogP contribution >= 0.6 is 54.8 Å². The van der Waals surface area contributed by atoms with Gasteiger partial charge in [0.15, 0.2) is 0 Å². The largest absolute Gasteiger partial charge is 0.320 e. The smallest absolute Gasteiger partial charge is 0.265 e. The van der Waals surface area contributed by atoms with Crippen LogP contribution < -0.4 is 5.32 Å². The zero-order valence-corrected chi connectivity index (χ0v) is 13.1. The minimum absolute atomic E-state index is 0.166. The average molecular weight is 396 g/mol. The number of nitrogens with one attached hydrogen (secondary N) is 1. The maximum atomic E-state index is 11.9. The molecule has 0 bridgehead atoms.